The molecule has 20 aromatic rings. The van der Waals surface area contributed by atoms with E-state index in [4.69, 9.17) is 0 Å². The third kappa shape index (κ3) is 9.60. The molecular weight excluding hydrogens is 1190 g/mol. The maximum absolute atomic E-state index is 2.40. The molecule has 4 heterocycles. The Balaban J connectivity index is 0.000000137. The third-order valence-electron chi connectivity index (χ3n) is 20.0. The molecule has 0 fully saturated rings. The lowest BCUT2D eigenvalue weighted by Gasteiger charge is -2.11. The van der Waals surface area contributed by atoms with Crippen molar-refractivity contribution in [3.63, 3.8) is 0 Å². The molecule has 0 spiro atoms. The van der Waals surface area contributed by atoms with Gasteiger partial charge in [0.15, 0.2) is 0 Å². The van der Waals surface area contributed by atoms with Crippen molar-refractivity contribution in [2.75, 3.05) is 0 Å². The van der Waals surface area contributed by atoms with Gasteiger partial charge in [0, 0.05) is 65.8 Å². The molecule has 20 rings (SSSR count). The van der Waals surface area contributed by atoms with Gasteiger partial charge in [-0.15, -0.1) is 0 Å². The standard InChI is InChI=1S/C48H32N2.C46H30N2/c1-3-11-33(12-4-1)34-19-21-35(22-20-34)36-23-27-40(28-24-36)50-46-18-10-8-16-42(46)44-32-38(26-30-48(44)50)37-25-29-47-43(31-37)41-15-7-9-17-45(41)49(47)39-13-5-2-6-14-39;1-2-10-31(11-3-1)33-18-23-37(24-19-33)47-43-16-8-6-14-39(43)41-29-35(21-26-45(41)47)36-22-27-46-42(30-36)40-15-7-9-17-44(40)48(46)38-25-20-32-12-4-5-13-34(32)28-38/h1-32H;1-30H. The number of nitrogens with zero attached hydrogens (tertiary/aromatic N) is 4. The lowest BCUT2D eigenvalue weighted by atomic mass is 10.00. The van der Waals surface area contributed by atoms with Gasteiger partial charge < -0.3 is 18.3 Å². The molecule has 458 valence electrons. The van der Waals surface area contributed by atoms with Crippen LogP contribution in [-0.2, 0) is 0 Å². The van der Waals surface area contributed by atoms with Gasteiger partial charge in [0.1, 0.15) is 0 Å². The average Bonchev–Trinajstić information content (AvgIpc) is 1.60. The first kappa shape index (κ1) is 56.5. The number of hydrogen-bond donors (Lipinski definition) is 0. The van der Waals surface area contributed by atoms with Crippen LogP contribution in [0.5, 0.6) is 0 Å². The first-order valence-electron chi connectivity index (χ1n) is 33.7. The summed E-state index contributed by atoms with van der Waals surface area (Å²) in [4.78, 5) is 0. The van der Waals surface area contributed by atoms with Crippen molar-refractivity contribution in [3.8, 4) is 78.4 Å². The van der Waals surface area contributed by atoms with Crippen molar-refractivity contribution in [2.24, 2.45) is 0 Å². The van der Waals surface area contributed by atoms with E-state index in [9.17, 15) is 0 Å². The molecule has 16 aromatic carbocycles. The Kier molecular flexibility index (Phi) is 13.5. The largest absolute Gasteiger partial charge is 0.309 e. The van der Waals surface area contributed by atoms with E-state index < -0.39 is 0 Å². The third-order valence-corrected chi connectivity index (χ3v) is 20.0. The lowest BCUT2D eigenvalue weighted by molar-refractivity contribution is 1.18. The number of para-hydroxylation sites is 5. The van der Waals surface area contributed by atoms with Gasteiger partial charge >= 0.3 is 0 Å². The van der Waals surface area contributed by atoms with E-state index in [1.807, 2.05) is 0 Å². The van der Waals surface area contributed by atoms with Gasteiger partial charge in [-0.25, -0.2) is 0 Å². The number of hydrogen-bond acceptors (Lipinski definition) is 0. The molecule has 98 heavy (non-hydrogen) atoms. The highest BCUT2D eigenvalue weighted by Crippen LogP contribution is 2.42. The molecule has 0 saturated heterocycles. The highest BCUT2D eigenvalue weighted by Gasteiger charge is 2.20. The van der Waals surface area contributed by atoms with Crippen LogP contribution in [0.1, 0.15) is 0 Å². The average molecular weight is 1250 g/mol. The van der Waals surface area contributed by atoms with Crippen LogP contribution in [0.25, 0.3) is 176 Å². The summed E-state index contributed by atoms with van der Waals surface area (Å²) in [7, 11) is 0. The van der Waals surface area contributed by atoms with Crippen LogP contribution in [0.4, 0.5) is 0 Å². The van der Waals surface area contributed by atoms with E-state index in [1.165, 1.54) is 165 Å². The van der Waals surface area contributed by atoms with Gasteiger partial charge in [-0.1, -0.05) is 255 Å². The zero-order valence-electron chi connectivity index (χ0n) is 53.6. The Morgan fingerprint density at radius 3 is 0.714 bits per heavy atom. The Hall–Kier alpha value is -13.0. The first-order chi connectivity index (χ1) is 48.6. The highest BCUT2D eigenvalue weighted by atomic mass is 15.0. The molecule has 0 aliphatic heterocycles. The molecule has 4 aromatic heterocycles. The summed E-state index contributed by atoms with van der Waals surface area (Å²) in [6.45, 7) is 0. The molecular formula is C94H62N4. The van der Waals surface area contributed by atoms with E-state index in [2.05, 4.69) is 394 Å². The maximum atomic E-state index is 2.40. The van der Waals surface area contributed by atoms with E-state index in [0.717, 1.165) is 11.4 Å². The minimum absolute atomic E-state index is 1.16. The van der Waals surface area contributed by atoms with Crippen molar-refractivity contribution in [3.05, 3.63) is 376 Å². The van der Waals surface area contributed by atoms with Crippen LogP contribution in [0.15, 0.2) is 376 Å². The Morgan fingerprint density at radius 1 is 0.122 bits per heavy atom. The molecule has 0 amide bonds. The fourth-order valence-corrected chi connectivity index (χ4v) is 15.3. The molecule has 4 heteroatoms. The van der Waals surface area contributed by atoms with Crippen molar-refractivity contribution in [1.29, 1.82) is 0 Å². The quantitative estimate of drug-likeness (QED) is 0.137. The van der Waals surface area contributed by atoms with Gasteiger partial charge in [0.25, 0.3) is 0 Å². The van der Waals surface area contributed by atoms with E-state index in [0.29, 0.717) is 0 Å². The van der Waals surface area contributed by atoms with Crippen molar-refractivity contribution < 1.29 is 0 Å². The topological polar surface area (TPSA) is 19.7 Å². The second-order valence-electron chi connectivity index (χ2n) is 25.6. The minimum atomic E-state index is 1.16. The van der Waals surface area contributed by atoms with Gasteiger partial charge in [-0.2, -0.15) is 0 Å². The second kappa shape index (κ2) is 23.5. The predicted molar refractivity (Wildman–Crippen MR) is 415 cm³/mol. The SMILES string of the molecule is c1ccc(-c2ccc(-c3ccc(-n4c5ccccc5c5cc(-c6ccc7c(c6)c6ccccc6n7-c6ccccc6)ccc54)cc3)cc2)cc1.c1ccc(-c2ccc(-n3c4ccccc4c4cc(-c5ccc6c(c5)c5ccccc5n6-c5ccc6ccccc6c5)ccc43)cc2)cc1. The normalized spacial score (nSPS) is 11.7. The number of aromatic nitrogens is 4. The molecule has 0 aliphatic carbocycles. The number of rotatable bonds is 9. The van der Waals surface area contributed by atoms with Crippen LogP contribution < -0.4 is 0 Å². The molecule has 0 radical (unpaired) electrons. The summed E-state index contributed by atoms with van der Waals surface area (Å²) in [5.41, 5.74) is 26.6. The van der Waals surface area contributed by atoms with Gasteiger partial charge in [-0.3, -0.25) is 0 Å². The summed E-state index contributed by atoms with van der Waals surface area (Å²) in [5.74, 6) is 0. The fraction of sp³-hybridized carbons (Fsp3) is 0. The minimum Gasteiger partial charge on any atom is -0.309 e. The van der Waals surface area contributed by atoms with E-state index in [1.54, 1.807) is 0 Å². The molecule has 0 bridgehead atoms. The van der Waals surface area contributed by atoms with Crippen molar-refractivity contribution in [1.82, 2.24) is 18.3 Å². The number of fused-ring (bicyclic) bond motifs is 13. The summed E-state index contributed by atoms with van der Waals surface area (Å²) in [6, 6.07) is 137. The van der Waals surface area contributed by atoms with Crippen LogP contribution in [0, 0.1) is 0 Å². The summed E-state index contributed by atoms with van der Waals surface area (Å²) in [5, 5.41) is 12.6. The summed E-state index contributed by atoms with van der Waals surface area (Å²) < 4.78 is 9.56. The Morgan fingerprint density at radius 2 is 0.357 bits per heavy atom. The Bertz CT molecular complexity index is 6430. The molecule has 0 aliphatic rings. The second-order valence-corrected chi connectivity index (χ2v) is 25.6. The van der Waals surface area contributed by atoms with Crippen LogP contribution >= 0.6 is 0 Å². The van der Waals surface area contributed by atoms with Crippen LogP contribution in [0.3, 0.4) is 0 Å². The molecule has 4 nitrogen and oxygen atoms in total. The lowest BCUT2D eigenvalue weighted by Crippen LogP contribution is -1.94. The zero-order valence-corrected chi connectivity index (χ0v) is 53.6. The monoisotopic (exact) mass is 1250 g/mol. The van der Waals surface area contributed by atoms with E-state index in [-0.39, 0.29) is 0 Å². The smallest absolute Gasteiger partial charge is 0.0541 e. The van der Waals surface area contributed by atoms with Crippen LogP contribution in [-0.4, -0.2) is 18.3 Å². The summed E-state index contributed by atoms with van der Waals surface area (Å²) in [6.07, 6.45) is 0. The predicted octanol–water partition coefficient (Wildman–Crippen LogP) is 25.2. The molecule has 0 N–H and O–H groups in total. The first-order valence-corrected chi connectivity index (χ1v) is 33.7. The summed E-state index contributed by atoms with van der Waals surface area (Å²) >= 11 is 0. The van der Waals surface area contributed by atoms with Gasteiger partial charge in [0.05, 0.1) is 44.1 Å². The van der Waals surface area contributed by atoms with E-state index >= 15 is 0 Å². The van der Waals surface area contributed by atoms with Gasteiger partial charge in [0.2, 0.25) is 0 Å². The zero-order chi connectivity index (χ0) is 64.6. The Labute approximate surface area is 567 Å². The van der Waals surface area contributed by atoms with Crippen LogP contribution in [0.2, 0.25) is 0 Å². The van der Waals surface area contributed by atoms with Crippen molar-refractivity contribution >= 4 is 98.0 Å². The molecule has 0 atom stereocenters. The molecule has 0 saturated carbocycles. The fourth-order valence-electron chi connectivity index (χ4n) is 15.3. The van der Waals surface area contributed by atoms with Gasteiger partial charge in [-0.05, 0) is 188 Å². The maximum Gasteiger partial charge on any atom is 0.0541 e. The highest BCUT2D eigenvalue weighted by molar-refractivity contribution is 6.15. The number of benzene rings is 16. The van der Waals surface area contributed by atoms with Crippen molar-refractivity contribution in [2.45, 2.75) is 0 Å². The molecule has 0 unspecified atom stereocenters.